The van der Waals surface area contributed by atoms with Gasteiger partial charge in [-0.15, -0.1) is 0 Å². The Hall–Kier alpha value is -2.13. The Morgan fingerprint density at radius 3 is 2.38 bits per heavy atom. The summed E-state index contributed by atoms with van der Waals surface area (Å²) in [7, 11) is 0. The standard InChI is InChI=1S/C18H21NO2/c1-13-8-9-16(10-14(13)2)12-19-17(18(20)21)11-15-6-4-3-5-7-15/h3-10,17,19H,11-12H2,1-2H3,(H,20,21)/t17-/m1/s1. The van der Waals surface area contributed by atoms with Crippen LogP contribution in [0.25, 0.3) is 0 Å². The van der Waals surface area contributed by atoms with Crippen molar-refractivity contribution >= 4 is 5.97 Å². The van der Waals surface area contributed by atoms with Gasteiger partial charge < -0.3 is 10.4 Å². The minimum atomic E-state index is -0.817. The van der Waals surface area contributed by atoms with Crippen LogP contribution in [0.1, 0.15) is 22.3 Å². The summed E-state index contributed by atoms with van der Waals surface area (Å²) in [6.07, 6.45) is 0.487. The normalized spacial score (nSPS) is 12.1. The van der Waals surface area contributed by atoms with Crippen molar-refractivity contribution in [3.05, 3.63) is 70.8 Å². The first-order valence-electron chi connectivity index (χ1n) is 7.12. The molecule has 0 radical (unpaired) electrons. The van der Waals surface area contributed by atoms with Crippen molar-refractivity contribution in [2.75, 3.05) is 0 Å². The van der Waals surface area contributed by atoms with Gasteiger partial charge in [-0.3, -0.25) is 4.79 Å². The summed E-state index contributed by atoms with van der Waals surface area (Å²) in [6.45, 7) is 4.70. The molecule has 0 heterocycles. The summed E-state index contributed by atoms with van der Waals surface area (Å²) < 4.78 is 0. The predicted octanol–water partition coefficient (Wildman–Crippen LogP) is 3.09. The zero-order valence-electron chi connectivity index (χ0n) is 12.5. The Balaban J connectivity index is 2.00. The van der Waals surface area contributed by atoms with Crippen molar-refractivity contribution in [3.8, 4) is 0 Å². The summed E-state index contributed by atoms with van der Waals surface area (Å²) in [5, 5.41) is 12.5. The zero-order valence-corrected chi connectivity index (χ0v) is 12.5. The molecule has 0 aliphatic heterocycles. The van der Waals surface area contributed by atoms with Crippen LogP contribution in [0.5, 0.6) is 0 Å². The fraction of sp³-hybridized carbons (Fsp3) is 0.278. The SMILES string of the molecule is Cc1ccc(CN[C@H](Cc2ccccc2)C(=O)O)cc1C. The summed E-state index contributed by atoms with van der Waals surface area (Å²) >= 11 is 0. The highest BCUT2D eigenvalue weighted by Crippen LogP contribution is 2.10. The highest BCUT2D eigenvalue weighted by atomic mass is 16.4. The van der Waals surface area contributed by atoms with E-state index in [2.05, 4.69) is 31.3 Å². The topological polar surface area (TPSA) is 49.3 Å². The summed E-state index contributed by atoms with van der Waals surface area (Å²) in [4.78, 5) is 11.4. The van der Waals surface area contributed by atoms with Gasteiger partial charge in [0.15, 0.2) is 0 Å². The first-order valence-corrected chi connectivity index (χ1v) is 7.12. The number of aliphatic carboxylic acids is 1. The van der Waals surface area contributed by atoms with Gasteiger partial charge in [0.25, 0.3) is 0 Å². The number of hydrogen-bond donors (Lipinski definition) is 2. The monoisotopic (exact) mass is 283 g/mol. The van der Waals surface area contributed by atoms with Gasteiger partial charge in [-0.1, -0.05) is 48.5 Å². The van der Waals surface area contributed by atoms with Crippen molar-refractivity contribution in [3.63, 3.8) is 0 Å². The molecule has 110 valence electrons. The van der Waals surface area contributed by atoms with E-state index in [1.54, 1.807) is 0 Å². The molecule has 21 heavy (non-hydrogen) atoms. The second-order valence-corrected chi connectivity index (χ2v) is 5.38. The molecule has 3 heteroatoms. The third-order valence-corrected chi connectivity index (χ3v) is 3.70. The molecule has 0 saturated heterocycles. The fourth-order valence-electron chi connectivity index (χ4n) is 2.25. The Labute approximate surface area is 125 Å². The van der Waals surface area contributed by atoms with Gasteiger partial charge in [0.2, 0.25) is 0 Å². The molecule has 0 aliphatic rings. The van der Waals surface area contributed by atoms with Crippen LogP contribution < -0.4 is 5.32 Å². The van der Waals surface area contributed by atoms with E-state index in [4.69, 9.17) is 0 Å². The average molecular weight is 283 g/mol. The summed E-state index contributed by atoms with van der Waals surface area (Å²) in [5.41, 5.74) is 4.61. The largest absolute Gasteiger partial charge is 0.480 e. The lowest BCUT2D eigenvalue weighted by atomic mass is 10.0. The second kappa shape index (κ2) is 7.04. The molecular weight excluding hydrogens is 262 g/mol. The average Bonchev–Trinajstić information content (AvgIpc) is 2.47. The molecule has 0 unspecified atom stereocenters. The smallest absolute Gasteiger partial charge is 0.321 e. The molecule has 0 spiro atoms. The number of carbonyl (C=O) groups is 1. The van der Waals surface area contributed by atoms with Crippen LogP contribution in [-0.4, -0.2) is 17.1 Å². The van der Waals surface area contributed by atoms with Crippen molar-refractivity contribution in [1.82, 2.24) is 5.32 Å². The molecule has 1 atom stereocenters. The Morgan fingerprint density at radius 2 is 1.76 bits per heavy atom. The van der Waals surface area contributed by atoms with Gasteiger partial charge >= 0.3 is 5.97 Å². The van der Waals surface area contributed by atoms with Crippen LogP contribution in [-0.2, 0) is 17.8 Å². The van der Waals surface area contributed by atoms with Crippen molar-refractivity contribution in [2.45, 2.75) is 32.9 Å². The Bertz CT molecular complexity index is 608. The summed E-state index contributed by atoms with van der Waals surface area (Å²) in [6, 6.07) is 15.3. The van der Waals surface area contributed by atoms with Gasteiger partial charge in [-0.25, -0.2) is 0 Å². The molecule has 0 aromatic heterocycles. The quantitative estimate of drug-likeness (QED) is 0.856. The number of carboxylic acids is 1. The van der Waals surface area contributed by atoms with E-state index < -0.39 is 12.0 Å². The summed E-state index contributed by atoms with van der Waals surface area (Å²) in [5.74, 6) is -0.817. The van der Waals surface area contributed by atoms with Gasteiger partial charge in [0.1, 0.15) is 6.04 Å². The van der Waals surface area contributed by atoms with Crippen LogP contribution >= 0.6 is 0 Å². The fourth-order valence-corrected chi connectivity index (χ4v) is 2.25. The first-order chi connectivity index (χ1) is 10.1. The second-order valence-electron chi connectivity index (χ2n) is 5.38. The lowest BCUT2D eigenvalue weighted by Gasteiger charge is -2.15. The lowest BCUT2D eigenvalue weighted by Crippen LogP contribution is -2.38. The van der Waals surface area contributed by atoms with Crippen LogP contribution in [0.15, 0.2) is 48.5 Å². The molecule has 0 saturated carbocycles. The Morgan fingerprint density at radius 1 is 1.05 bits per heavy atom. The molecule has 3 nitrogen and oxygen atoms in total. The third kappa shape index (κ3) is 4.43. The first kappa shape index (κ1) is 15.3. The van der Waals surface area contributed by atoms with E-state index in [0.29, 0.717) is 13.0 Å². The van der Waals surface area contributed by atoms with Crippen LogP contribution in [0, 0.1) is 13.8 Å². The maximum atomic E-state index is 11.4. The van der Waals surface area contributed by atoms with E-state index in [1.165, 1.54) is 11.1 Å². The molecule has 2 N–H and O–H groups in total. The van der Waals surface area contributed by atoms with Gasteiger partial charge in [0.05, 0.1) is 0 Å². The van der Waals surface area contributed by atoms with Gasteiger partial charge in [-0.05, 0) is 42.5 Å². The maximum Gasteiger partial charge on any atom is 0.321 e. The number of hydrogen-bond acceptors (Lipinski definition) is 2. The number of rotatable bonds is 6. The van der Waals surface area contributed by atoms with E-state index in [1.807, 2.05) is 36.4 Å². The predicted molar refractivity (Wildman–Crippen MR) is 84.3 cm³/mol. The maximum absolute atomic E-state index is 11.4. The van der Waals surface area contributed by atoms with Gasteiger partial charge in [0, 0.05) is 6.54 Å². The number of aryl methyl sites for hydroxylation is 2. The van der Waals surface area contributed by atoms with Crippen molar-refractivity contribution in [2.24, 2.45) is 0 Å². The number of carboxylic acid groups (broad SMARTS) is 1. The zero-order chi connectivity index (χ0) is 15.2. The van der Waals surface area contributed by atoms with Crippen molar-refractivity contribution < 1.29 is 9.90 Å². The minimum Gasteiger partial charge on any atom is -0.480 e. The van der Waals surface area contributed by atoms with Gasteiger partial charge in [-0.2, -0.15) is 0 Å². The minimum absolute atomic E-state index is 0.487. The van der Waals surface area contributed by atoms with E-state index in [0.717, 1.165) is 11.1 Å². The lowest BCUT2D eigenvalue weighted by molar-refractivity contribution is -0.139. The van der Waals surface area contributed by atoms with Crippen molar-refractivity contribution in [1.29, 1.82) is 0 Å². The molecule has 2 aromatic carbocycles. The molecule has 2 rings (SSSR count). The number of benzene rings is 2. The van der Waals surface area contributed by atoms with Crippen LogP contribution in [0.4, 0.5) is 0 Å². The highest BCUT2D eigenvalue weighted by Gasteiger charge is 2.17. The molecule has 0 aliphatic carbocycles. The van der Waals surface area contributed by atoms with E-state index in [9.17, 15) is 9.90 Å². The Kier molecular flexibility index (Phi) is 5.12. The molecule has 2 aromatic rings. The number of nitrogens with one attached hydrogen (secondary N) is 1. The van der Waals surface area contributed by atoms with Crippen LogP contribution in [0.3, 0.4) is 0 Å². The molecule has 0 bridgehead atoms. The highest BCUT2D eigenvalue weighted by molar-refractivity contribution is 5.73. The van der Waals surface area contributed by atoms with E-state index >= 15 is 0 Å². The molecular formula is C18H21NO2. The third-order valence-electron chi connectivity index (χ3n) is 3.70. The van der Waals surface area contributed by atoms with Crippen LogP contribution in [0.2, 0.25) is 0 Å². The molecule has 0 fully saturated rings. The van der Waals surface area contributed by atoms with E-state index in [-0.39, 0.29) is 0 Å². The molecule has 0 amide bonds.